The first-order chi connectivity index (χ1) is 55.0. The molecule has 2 aliphatic carbocycles. The first-order valence-corrected chi connectivity index (χ1v) is 39.1. The predicted octanol–water partition coefficient (Wildman–Crippen LogP) is 10.1. The van der Waals surface area contributed by atoms with Crippen LogP contribution in [0.25, 0.3) is 0 Å². The maximum absolute atomic E-state index is 13.6. The summed E-state index contributed by atoms with van der Waals surface area (Å²) >= 11 is 11.9. The molecule has 2 fully saturated rings. The second-order valence-corrected chi connectivity index (χ2v) is 30.0. The number of sulfonamides is 2. The maximum Gasteiger partial charge on any atom is 0.340 e. The first-order valence-electron chi connectivity index (χ1n) is 35.2. The first kappa shape index (κ1) is 97.7. The Bertz CT molecular complexity index is 4930. The third-order valence-corrected chi connectivity index (χ3v) is 19.7. The number of anilines is 2. The number of aliphatic hydroxyl groups is 2. The van der Waals surface area contributed by atoms with Crippen molar-refractivity contribution in [1.82, 2.24) is 10.6 Å². The number of ketones is 1. The molecule has 10 rings (SSSR count). The van der Waals surface area contributed by atoms with Crippen LogP contribution in [0.4, 0.5) is 28.9 Å². The third-order valence-electron chi connectivity index (χ3n) is 17.0. The molecule has 40 heteroatoms. The minimum atomic E-state index is -4.25. The second kappa shape index (κ2) is 45.2. The number of halogens is 6. The number of nitrogens with two attached hydrogens (primary N) is 2. The quantitative estimate of drug-likeness (QED) is 0.00336. The van der Waals surface area contributed by atoms with Crippen LogP contribution in [-0.2, 0) is 101 Å². The third kappa shape index (κ3) is 30.2. The fourth-order valence-electron chi connectivity index (χ4n) is 10.4. The van der Waals surface area contributed by atoms with Crippen LogP contribution >= 0.6 is 23.2 Å². The van der Waals surface area contributed by atoms with Gasteiger partial charge in [-0.25, -0.2) is 63.9 Å². The molecule has 2 aromatic heterocycles. The molecule has 0 saturated carbocycles. The number of benzene rings is 4. The smallest absolute Gasteiger partial charge is 0.340 e. The number of carboxylic acids is 2. The summed E-state index contributed by atoms with van der Waals surface area (Å²) < 4.78 is 146. The zero-order valence-corrected chi connectivity index (χ0v) is 66.2. The highest BCUT2D eigenvalue weighted by Gasteiger charge is 2.66. The number of hydrogen-bond acceptors (Lipinski definition) is 28. The highest BCUT2D eigenvalue weighted by molar-refractivity contribution is 7.89. The number of hydrogen-bond donors (Lipinski definition) is 10. The van der Waals surface area contributed by atoms with Gasteiger partial charge < -0.3 is 78.4 Å². The standard InChI is InChI=1S/C32H34ClF2N3O10S.C13H14O6.C12H11ClN2O5S.C12H15F2NO2.C8H10O3.CH4/c1-31(32(2,38-31)29(41)19-12-20(34)14-21(35)13-19)18-48-28(40)8-3-7-27(39)46-10-5-11-47-30(42)23-15-26(49(36,43)44)24(33)16-25(23)37-17-22-6-4-9-45-22;1-9(19-12(16)6-5-11(14)15)7-8-18-13(17)10-3-2-4-10;13-9-5-10(15-6-7-2-1-3-20-7)8(12(16)17)4-11(9)21(14,18)19;1-7-6-17-12(16,8(2)15-7)9-3-10(13)5-11(14)4-9;9-5-2-6-11-8(10)7-3-1-4-7;/h4,6,9,12-16,37-38H,3,5,7-8,10-11,17-18H2,1-2H3,(H2,36,43,44);2-4H,1,5-8H2,(H,14,15);1-5,15H,6H2,(H,16,17)(H2,14,18,19);3-5,7-8,15-16H,6H2,1-2H3;1,3-4,9H,2,5-6H2;1H4/t;;;7-,8+,12-;;/m...1../s1. The lowest BCUT2D eigenvalue weighted by Gasteiger charge is -2.41. The maximum atomic E-state index is 13.6. The van der Waals surface area contributed by atoms with Crippen LogP contribution in [0, 0.1) is 23.3 Å². The summed E-state index contributed by atoms with van der Waals surface area (Å²) in [5.41, 5.74) is -1.19. The number of furan rings is 2. The second-order valence-electron chi connectivity index (χ2n) is 26.1. The van der Waals surface area contributed by atoms with E-state index in [1.165, 1.54) is 24.7 Å². The van der Waals surface area contributed by atoms with Crippen LogP contribution in [0.5, 0.6) is 0 Å². The Kier molecular flexibility index (Phi) is 37.4. The topological polar surface area (TPSA) is 504 Å². The lowest BCUT2D eigenvalue weighted by Crippen LogP contribution is -2.58. The summed E-state index contributed by atoms with van der Waals surface area (Å²) in [7, 11) is -8.36. The molecule has 2 unspecified atom stereocenters. The van der Waals surface area contributed by atoms with E-state index in [9.17, 15) is 82.7 Å². The van der Waals surface area contributed by atoms with Crippen molar-refractivity contribution in [1.29, 1.82) is 0 Å². The van der Waals surface area contributed by atoms with E-state index in [4.69, 9.17) is 90.8 Å². The van der Waals surface area contributed by atoms with Gasteiger partial charge in [0.05, 0.1) is 127 Å². The minimum Gasteiger partial charge on any atom is -0.481 e. The SMILES string of the molecule is C.C=C(CCOC(=O)C1=CC=C1)OC(=O)CCC(=O)O.CC1(COC(=O)CCCC(=O)OCCCOC(=O)c2cc(S(N)(=O)=O)c(Cl)cc2NCc2ccco2)NC1(C)C(=O)c1cc(F)cc(F)c1.C[C@@H]1CO[C@@](O)(c2cc(F)cc(F)c2)[C@H](C)N1.NS(=O)(=O)c1cc(C(=O)O)c(NCc2ccco2)cc1Cl.O=C(OCCCO)C1=CC=C1. The normalized spacial score (nSPS) is 17.7. The van der Waals surface area contributed by atoms with Gasteiger partial charge in [0.25, 0.3) is 0 Å². The highest BCUT2D eigenvalue weighted by atomic mass is 35.5. The van der Waals surface area contributed by atoms with E-state index < -0.39 is 124 Å². The monoisotopic (exact) mass is 1730 g/mol. The molecule has 32 nitrogen and oxygen atoms in total. The molecule has 0 amide bonds. The molecule has 640 valence electrons. The number of carboxylic acid groups (broad SMARTS) is 2. The fourth-order valence-corrected chi connectivity index (χ4v) is 12.6. The Morgan fingerprint density at radius 1 is 0.619 bits per heavy atom. The lowest BCUT2D eigenvalue weighted by atomic mass is 9.88. The molecule has 4 aliphatic rings. The van der Waals surface area contributed by atoms with Crippen molar-refractivity contribution in [2.75, 3.05) is 56.9 Å². The van der Waals surface area contributed by atoms with Crippen LogP contribution in [0.15, 0.2) is 176 Å². The van der Waals surface area contributed by atoms with Crippen molar-refractivity contribution in [3.8, 4) is 0 Å². The van der Waals surface area contributed by atoms with E-state index in [-0.39, 0.29) is 167 Å². The van der Waals surface area contributed by atoms with Gasteiger partial charge in [-0.1, -0.05) is 49.4 Å². The zero-order chi connectivity index (χ0) is 86.6. The number of morpholine rings is 1. The average molecular weight is 1740 g/mol. The number of aliphatic carboxylic acids is 1. The van der Waals surface area contributed by atoms with Crippen LogP contribution in [-0.4, -0.2) is 160 Å². The van der Waals surface area contributed by atoms with Gasteiger partial charge in [0, 0.05) is 68.0 Å². The lowest BCUT2D eigenvalue weighted by molar-refractivity contribution is -0.253. The van der Waals surface area contributed by atoms with Gasteiger partial charge in [0.1, 0.15) is 62.5 Å². The molecule has 0 radical (unpaired) electrons. The number of allylic oxidation sites excluding steroid dienone is 4. The van der Waals surface area contributed by atoms with E-state index in [2.05, 4.69) is 27.8 Å². The Morgan fingerprint density at radius 2 is 1.09 bits per heavy atom. The molecule has 0 spiro atoms. The van der Waals surface area contributed by atoms with Gasteiger partial charge in [-0.15, -0.1) is 0 Å². The molecular formula is C78H88Cl2F4N6O26S2. The van der Waals surface area contributed by atoms with Crippen molar-refractivity contribution in [3.05, 3.63) is 224 Å². The van der Waals surface area contributed by atoms with Gasteiger partial charge in [0.15, 0.2) is 5.78 Å². The Balaban J connectivity index is 0.000000296. The summed E-state index contributed by atoms with van der Waals surface area (Å²) in [5.74, 6) is -10.1. The minimum absolute atomic E-state index is 0. The number of Topliss-reactive ketones (excluding diaryl/α,β-unsaturated/α-hetero) is 1. The predicted molar refractivity (Wildman–Crippen MR) is 416 cm³/mol. The molecule has 2 aliphatic heterocycles. The summed E-state index contributed by atoms with van der Waals surface area (Å²) in [4.78, 5) is 104. The molecule has 0 bridgehead atoms. The van der Waals surface area contributed by atoms with E-state index in [1.54, 1.807) is 81.5 Å². The Labute approximate surface area is 685 Å². The van der Waals surface area contributed by atoms with Gasteiger partial charge in [-0.3, -0.25) is 29.3 Å². The van der Waals surface area contributed by atoms with Crippen LogP contribution in [0.2, 0.25) is 10.0 Å². The number of carbonyl (C=O) groups excluding carboxylic acids is 7. The van der Waals surface area contributed by atoms with Gasteiger partial charge in [-0.05, 0) is 131 Å². The number of esters is 6. The summed E-state index contributed by atoms with van der Waals surface area (Å²) in [6.07, 6.45) is 13.3. The van der Waals surface area contributed by atoms with Crippen LogP contribution < -0.4 is 31.5 Å². The number of primary sulfonamides is 2. The zero-order valence-electron chi connectivity index (χ0n) is 63.1. The van der Waals surface area contributed by atoms with E-state index in [0.29, 0.717) is 41.8 Å². The Hall–Kier alpha value is -10.9. The fraction of sp³-hybridized carbons (Fsp3) is 0.346. The largest absolute Gasteiger partial charge is 0.481 e. The number of ether oxygens (including phenoxy) is 7. The number of nitrogens with one attached hydrogen (secondary N) is 4. The molecule has 6 aromatic rings. The molecular weight excluding hydrogens is 1650 g/mol. The van der Waals surface area contributed by atoms with Crippen molar-refractivity contribution in [2.45, 2.75) is 138 Å². The van der Waals surface area contributed by atoms with E-state index in [0.717, 1.165) is 42.5 Å². The van der Waals surface area contributed by atoms with Gasteiger partial charge in [0.2, 0.25) is 25.8 Å². The summed E-state index contributed by atoms with van der Waals surface area (Å²) in [6, 6.07) is 16.2. The van der Waals surface area contributed by atoms with Gasteiger partial charge in [-0.2, -0.15) is 0 Å². The van der Waals surface area contributed by atoms with Crippen molar-refractivity contribution < 1.29 is 140 Å². The van der Waals surface area contributed by atoms with Crippen molar-refractivity contribution >= 4 is 108 Å². The summed E-state index contributed by atoms with van der Waals surface area (Å²) in [6.45, 7) is 10.9. The summed E-state index contributed by atoms with van der Waals surface area (Å²) in [5, 5.41) is 57.9. The van der Waals surface area contributed by atoms with E-state index in [1.807, 2.05) is 6.92 Å². The van der Waals surface area contributed by atoms with Gasteiger partial charge >= 0.3 is 47.8 Å². The van der Waals surface area contributed by atoms with Crippen molar-refractivity contribution in [3.63, 3.8) is 0 Å². The van der Waals surface area contributed by atoms with Crippen LogP contribution in [0.3, 0.4) is 0 Å². The van der Waals surface area contributed by atoms with E-state index >= 15 is 0 Å². The molecule has 12 N–H and O–H groups in total. The molecule has 5 atom stereocenters. The number of carbonyl (C=O) groups is 9. The molecule has 118 heavy (non-hydrogen) atoms. The molecule has 4 heterocycles. The average Bonchev–Trinajstić information content (AvgIpc) is 1.54. The molecule has 4 aromatic carbocycles. The van der Waals surface area contributed by atoms with Crippen LogP contribution in [0.1, 0.15) is 135 Å². The highest BCUT2D eigenvalue weighted by Crippen LogP contribution is 2.42. The van der Waals surface area contributed by atoms with Crippen molar-refractivity contribution in [2.24, 2.45) is 10.3 Å². The molecule has 2 saturated heterocycles. The number of rotatable bonds is 35. The number of aliphatic hydroxyl groups excluding tert-OH is 1. The number of aromatic carboxylic acids is 1. The Morgan fingerprint density at radius 3 is 1.56 bits per heavy atom.